The standard InChI is InChI=1S/C34H26N6O/c1-21-12-24(14-25(13-21)39-34(41)22-6-3-2-4-7-22)30-15-27-26(9-11-37-32(27)20-38-30)31-16-28-29(18-36-19-33(28)40-31)23-8-5-10-35-17-23/h2-10,12-20,37,40H,11H2,1H3,(H,39,41). The second-order valence-corrected chi connectivity index (χ2v) is 10.1. The van der Waals surface area contributed by atoms with Crippen LogP contribution in [0.15, 0.2) is 110 Å². The van der Waals surface area contributed by atoms with Crippen LogP contribution in [0.3, 0.4) is 0 Å². The monoisotopic (exact) mass is 534 g/mol. The topological polar surface area (TPSA) is 95.6 Å². The van der Waals surface area contributed by atoms with Gasteiger partial charge in [0, 0.05) is 75.3 Å². The third-order valence-electron chi connectivity index (χ3n) is 7.27. The van der Waals surface area contributed by atoms with Crippen LogP contribution >= 0.6 is 0 Å². The molecule has 1 aliphatic heterocycles. The van der Waals surface area contributed by atoms with E-state index in [2.05, 4.69) is 49.9 Å². The van der Waals surface area contributed by atoms with Gasteiger partial charge in [0.15, 0.2) is 0 Å². The summed E-state index contributed by atoms with van der Waals surface area (Å²) in [5.41, 5.74) is 11.3. The number of benzene rings is 2. The molecule has 7 heteroatoms. The van der Waals surface area contributed by atoms with E-state index < -0.39 is 0 Å². The lowest BCUT2D eigenvalue weighted by Gasteiger charge is -2.20. The third kappa shape index (κ3) is 4.74. The van der Waals surface area contributed by atoms with E-state index in [9.17, 15) is 4.79 Å². The van der Waals surface area contributed by atoms with Crippen LogP contribution in [0.25, 0.3) is 38.9 Å². The molecule has 4 aromatic heterocycles. The van der Waals surface area contributed by atoms with Gasteiger partial charge in [-0.3, -0.25) is 19.7 Å². The van der Waals surface area contributed by atoms with Gasteiger partial charge >= 0.3 is 0 Å². The number of hydrogen-bond acceptors (Lipinski definition) is 5. The number of H-pyrrole nitrogens is 1. The van der Waals surface area contributed by atoms with Crippen LogP contribution in [0.2, 0.25) is 0 Å². The highest BCUT2D eigenvalue weighted by Gasteiger charge is 2.19. The Kier molecular flexibility index (Phi) is 6.09. The van der Waals surface area contributed by atoms with Crippen LogP contribution < -0.4 is 10.6 Å². The van der Waals surface area contributed by atoms with Crippen molar-refractivity contribution in [1.82, 2.24) is 19.9 Å². The minimum Gasteiger partial charge on any atom is -0.380 e. The summed E-state index contributed by atoms with van der Waals surface area (Å²) in [4.78, 5) is 29.9. The quantitative estimate of drug-likeness (QED) is 0.219. The van der Waals surface area contributed by atoms with Gasteiger partial charge < -0.3 is 15.6 Å². The van der Waals surface area contributed by atoms with Crippen LogP contribution in [0.5, 0.6) is 0 Å². The molecule has 7 nitrogen and oxygen atoms in total. The van der Waals surface area contributed by atoms with Crippen LogP contribution in [-0.4, -0.2) is 32.4 Å². The molecule has 0 bridgehead atoms. The molecule has 1 amide bonds. The minimum atomic E-state index is -0.145. The molecule has 3 N–H and O–H groups in total. The van der Waals surface area contributed by atoms with E-state index in [1.807, 2.05) is 74.2 Å². The van der Waals surface area contributed by atoms with Gasteiger partial charge in [0.1, 0.15) is 0 Å². The molecule has 0 saturated carbocycles. The smallest absolute Gasteiger partial charge is 0.255 e. The molecule has 5 heterocycles. The zero-order valence-corrected chi connectivity index (χ0v) is 22.3. The highest BCUT2D eigenvalue weighted by Crippen LogP contribution is 2.37. The SMILES string of the molecule is Cc1cc(NC(=O)c2ccccc2)cc(-c2cc3c(cn2)NCC=C3c2cc3c(-c4cccnc4)cncc3[nH]2)c1. The summed E-state index contributed by atoms with van der Waals surface area (Å²) in [5, 5.41) is 7.58. The summed E-state index contributed by atoms with van der Waals surface area (Å²) < 4.78 is 0. The number of aromatic amines is 1. The summed E-state index contributed by atoms with van der Waals surface area (Å²) in [7, 11) is 0. The number of fused-ring (bicyclic) bond motifs is 2. The largest absolute Gasteiger partial charge is 0.380 e. The lowest BCUT2D eigenvalue weighted by atomic mass is 9.96. The summed E-state index contributed by atoms with van der Waals surface area (Å²) in [6, 6.07) is 23.5. The Morgan fingerprint density at radius 2 is 1.76 bits per heavy atom. The van der Waals surface area contributed by atoms with Gasteiger partial charge in [-0.15, -0.1) is 0 Å². The zero-order chi connectivity index (χ0) is 27.8. The molecule has 6 aromatic rings. The number of rotatable bonds is 5. The van der Waals surface area contributed by atoms with Crippen molar-refractivity contribution in [1.29, 1.82) is 0 Å². The van der Waals surface area contributed by atoms with Crippen molar-refractivity contribution < 1.29 is 4.79 Å². The summed E-state index contributed by atoms with van der Waals surface area (Å²) in [6.07, 6.45) is 11.4. The Morgan fingerprint density at radius 3 is 2.61 bits per heavy atom. The minimum absolute atomic E-state index is 0.145. The Morgan fingerprint density at radius 1 is 0.854 bits per heavy atom. The van der Waals surface area contributed by atoms with Crippen molar-refractivity contribution >= 4 is 33.8 Å². The van der Waals surface area contributed by atoms with E-state index in [0.29, 0.717) is 12.1 Å². The maximum Gasteiger partial charge on any atom is 0.255 e. The van der Waals surface area contributed by atoms with Gasteiger partial charge in [0.2, 0.25) is 0 Å². The molecule has 0 atom stereocenters. The number of aryl methyl sites for hydroxylation is 1. The first-order chi connectivity index (χ1) is 20.1. The van der Waals surface area contributed by atoms with Gasteiger partial charge in [0.05, 0.1) is 29.3 Å². The summed E-state index contributed by atoms with van der Waals surface area (Å²) in [6.45, 7) is 2.72. The molecule has 198 valence electrons. The average molecular weight is 535 g/mol. The second kappa shape index (κ2) is 10.2. The van der Waals surface area contributed by atoms with Crippen molar-refractivity contribution in [3.63, 3.8) is 0 Å². The Hall–Kier alpha value is -5.56. The van der Waals surface area contributed by atoms with E-state index in [0.717, 1.165) is 67.1 Å². The van der Waals surface area contributed by atoms with Crippen molar-refractivity contribution in [2.75, 3.05) is 17.2 Å². The van der Waals surface area contributed by atoms with Gasteiger partial charge in [-0.2, -0.15) is 0 Å². The molecule has 0 fully saturated rings. The molecule has 7 rings (SSSR count). The molecule has 0 saturated heterocycles. The van der Waals surface area contributed by atoms with Crippen molar-refractivity contribution in [3.8, 4) is 22.4 Å². The molecule has 1 aliphatic rings. The van der Waals surface area contributed by atoms with Crippen molar-refractivity contribution in [2.45, 2.75) is 6.92 Å². The first-order valence-electron chi connectivity index (χ1n) is 13.4. The van der Waals surface area contributed by atoms with E-state index in [1.54, 1.807) is 18.3 Å². The van der Waals surface area contributed by atoms with Gasteiger partial charge in [-0.05, 0) is 61.0 Å². The summed E-state index contributed by atoms with van der Waals surface area (Å²) in [5.74, 6) is -0.145. The number of aromatic nitrogens is 4. The number of pyridine rings is 3. The molecular weight excluding hydrogens is 508 g/mol. The van der Waals surface area contributed by atoms with Crippen LogP contribution in [0.1, 0.15) is 27.2 Å². The molecule has 0 unspecified atom stereocenters. The number of nitrogens with one attached hydrogen (secondary N) is 3. The Labute approximate surface area is 237 Å². The number of carbonyl (C=O) groups is 1. The normalized spacial score (nSPS) is 12.4. The lowest BCUT2D eigenvalue weighted by Crippen LogP contribution is -2.12. The Bertz CT molecular complexity index is 1940. The third-order valence-corrected chi connectivity index (χ3v) is 7.27. The highest BCUT2D eigenvalue weighted by molar-refractivity contribution is 6.04. The van der Waals surface area contributed by atoms with Gasteiger partial charge in [-0.1, -0.05) is 30.3 Å². The molecule has 0 spiro atoms. The van der Waals surface area contributed by atoms with E-state index >= 15 is 0 Å². The predicted octanol–water partition coefficient (Wildman–Crippen LogP) is 7.10. The maximum atomic E-state index is 12.8. The summed E-state index contributed by atoms with van der Waals surface area (Å²) >= 11 is 0. The number of amides is 1. The lowest BCUT2D eigenvalue weighted by molar-refractivity contribution is 0.102. The molecule has 41 heavy (non-hydrogen) atoms. The number of hydrogen-bond donors (Lipinski definition) is 3. The first kappa shape index (κ1) is 24.5. The predicted molar refractivity (Wildman–Crippen MR) is 164 cm³/mol. The fourth-order valence-corrected chi connectivity index (χ4v) is 5.35. The highest BCUT2D eigenvalue weighted by atomic mass is 16.1. The number of anilines is 2. The first-order valence-corrected chi connectivity index (χ1v) is 13.4. The number of nitrogens with zero attached hydrogens (tertiary/aromatic N) is 3. The van der Waals surface area contributed by atoms with Crippen LogP contribution in [-0.2, 0) is 0 Å². The molecule has 0 radical (unpaired) electrons. The molecule has 0 aliphatic carbocycles. The Balaban J connectivity index is 1.25. The molecular formula is C34H26N6O. The zero-order valence-electron chi connectivity index (χ0n) is 22.3. The van der Waals surface area contributed by atoms with Crippen molar-refractivity contribution in [3.05, 3.63) is 132 Å². The van der Waals surface area contributed by atoms with Crippen LogP contribution in [0, 0.1) is 6.92 Å². The fraction of sp³-hybridized carbons (Fsp3) is 0.0588. The second-order valence-electron chi connectivity index (χ2n) is 10.1. The van der Waals surface area contributed by atoms with E-state index in [1.165, 1.54) is 0 Å². The maximum absolute atomic E-state index is 12.8. The molecule has 2 aromatic carbocycles. The van der Waals surface area contributed by atoms with Crippen molar-refractivity contribution in [2.24, 2.45) is 0 Å². The fourth-order valence-electron chi connectivity index (χ4n) is 5.35. The van der Waals surface area contributed by atoms with Crippen LogP contribution in [0.4, 0.5) is 11.4 Å². The number of carbonyl (C=O) groups excluding carboxylic acids is 1. The van der Waals surface area contributed by atoms with Gasteiger partial charge in [0.25, 0.3) is 5.91 Å². The van der Waals surface area contributed by atoms with E-state index in [-0.39, 0.29) is 5.91 Å². The van der Waals surface area contributed by atoms with E-state index in [4.69, 9.17) is 4.98 Å². The average Bonchev–Trinajstić information content (AvgIpc) is 3.45. The van der Waals surface area contributed by atoms with Gasteiger partial charge in [-0.25, -0.2) is 0 Å².